The molecule has 1 amide bonds. The van der Waals surface area contributed by atoms with Gasteiger partial charge in [0.05, 0.1) is 18.4 Å². The average Bonchev–Trinajstić information content (AvgIpc) is 2.92. The first kappa shape index (κ1) is 14.9. The molecular weight excluding hydrogens is 298 g/mol. The second kappa shape index (κ2) is 5.88. The number of carbonyl (C=O) groups excluding carboxylic acids is 1. The molecule has 21 heavy (non-hydrogen) atoms. The van der Waals surface area contributed by atoms with E-state index in [0.717, 1.165) is 17.9 Å². The predicted octanol–water partition coefficient (Wildman–Crippen LogP) is 3.20. The van der Waals surface area contributed by atoms with Gasteiger partial charge in [-0.25, -0.2) is 4.79 Å². The third kappa shape index (κ3) is 3.17. The Bertz CT molecular complexity index is 707. The Balaban J connectivity index is 2.26. The van der Waals surface area contributed by atoms with Crippen LogP contribution >= 0.6 is 11.6 Å². The third-order valence-corrected chi connectivity index (χ3v) is 3.21. The van der Waals surface area contributed by atoms with Crippen molar-refractivity contribution in [2.45, 2.75) is 6.92 Å². The van der Waals surface area contributed by atoms with Crippen LogP contribution in [0.5, 0.6) is 5.75 Å². The quantitative estimate of drug-likeness (QED) is 0.905. The van der Waals surface area contributed by atoms with E-state index in [1.807, 2.05) is 0 Å². The van der Waals surface area contributed by atoms with E-state index in [9.17, 15) is 9.59 Å². The number of benzene rings is 1. The number of hydrogen-bond donors (Lipinski definition) is 2. The monoisotopic (exact) mass is 309 g/mol. The van der Waals surface area contributed by atoms with Crippen LogP contribution in [0, 0.1) is 6.92 Å². The summed E-state index contributed by atoms with van der Waals surface area (Å²) in [6.45, 7) is 1.78. The zero-order valence-corrected chi connectivity index (χ0v) is 12.0. The first-order chi connectivity index (χ1) is 9.92. The van der Waals surface area contributed by atoms with Crippen LogP contribution in [0.4, 0.5) is 5.69 Å². The van der Waals surface area contributed by atoms with Crippen molar-refractivity contribution in [2.75, 3.05) is 12.4 Å². The summed E-state index contributed by atoms with van der Waals surface area (Å²) in [6.07, 6.45) is 1.00. The van der Waals surface area contributed by atoms with E-state index in [1.165, 1.54) is 7.11 Å². The van der Waals surface area contributed by atoms with Gasteiger partial charge in [0.1, 0.15) is 12.0 Å². The highest BCUT2D eigenvalue weighted by Crippen LogP contribution is 2.31. The molecule has 0 radical (unpaired) electrons. The Morgan fingerprint density at radius 3 is 2.62 bits per heavy atom. The number of rotatable bonds is 4. The summed E-state index contributed by atoms with van der Waals surface area (Å²) in [5.41, 5.74) is 1.08. The van der Waals surface area contributed by atoms with Crippen molar-refractivity contribution >= 4 is 29.2 Å². The van der Waals surface area contributed by atoms with E-state index in [4.69, 9.17) is 25.9 Å². The molecule has 7 heteroatoms. The molecule has 2 rings (SSSR count). The van der Waals surface area contributed by atoms with Gasteiger partial charge >= 0.3 is 5.97 Å². The van der Waals surface area contributed by atoms with Gasteiger partial charge in [-0.1, -0.05) is 11.6 Å². The highest BCUT2D eigenvalue weighted by molar-refractivity contribution is 6.31. The summed E-state index contributed by atoms with van der Waals surface area (Å²) in [6, 6.07) is 4.38. The van der Waals surface area contributed by atoms with Gasteiger partial charge in [0.15, 0.2) is 5.76 Å². The van der Waals surface area contributed by atoms with Gasteiger partial charge in [-0.05, 0) is 18.6 Å². The van der Waals surface area contributed by atoms with Crippen LogP contribution in [0.1, 0.15) is 26.5 Å². The number of carboxylic acids is 1. The van der Waals surface area contributed by atoms with Crippen LogP contribution in [0.3, 0.4) is 0 Å². The standard InChI is InChI=1S/C14H12ClNO5/c1-7-3-10(11(20-2)5-9(7)15)16-13(17)12-4-8(6-21-12)14(18)19/h3-6H,1-2H3,(H,16,17)(H,18,19). The zero-order chi connectivity index (χ0) is 15.6. The lowest BCUT2D eigenvalue weighted by Crippen LogP contribution is -2.12. The Labute approximate surface area is 125 Å². The van der Waals surface area contributed by atoms with Gasteiger partial charge < -0.3 is 19.6 Å². The summed E-state index contributed by atoms with van der Waals surface area (Å²) >= 11 is 5.98. The van der Waals surface area contributed by atoms with Gasteiger partial charge in [-0.15, -0.1) is 0 Å². The molecule has 2 aromatic rings. The number of carbonyl (C=O) groups is 2. The maximum atomic E-state index is 12.0. The Morgan fingerprint density at radius 2 is 2.05 bits per heavy atom. The minimum atomic E-state index is -1.17. The number of anilines is 1. The van der Waals surface area contributed by atoms with Crippen molar-refractivity contribution < 1.29 is 23.8 Å². The second-order valence-electron chi connectivity index (χ2n) is 4.26. The van der Waals surface area contributed by atoms with E-state index in [2.05, 4.69) is 5.32 Å². The molecule has 0 saturated heterocycles. The maximum Gasteiger partial charge on any atom is 0.338 e. The molecule has 0 saturated carbocycles. The first-order valence-corrected chi connectivity index (χ1v) is 6.27. The lowest BCUT2D eigenvalue weighted by molar-refractivity contribution is 0.0696. The number of nitrogens with one attached hydrogen (secondary N) is 1. The molecule has 0 fully saturated rings. The van der Waals surface area contributed by atoms with Crippen molar-refractivity contribution in [3.63, 3.8) is 0 Å². The maximum absolute atomic E-state index is 12.0. The average molecular weight is 310 g/mol. The van der Waals surface area contributed by atoms with Crippen molar-refractivity contribution in [1.82, 2.24) is 0 Å². The third-order valence-electron chi connectivity index (χ3n) is 2.80. The fraction of sp³-hybridized carbons (Fsp3) is 0.143. The van der Waals surface area contributed by atoms with Crippen LogP contribution in [0.25, 0.3) is 0 Å². The number of aromatic carboxylic acids is 1. The minimum absolute atomic E-state index is 0.0978. The highest BCUT2D eigenvalue weighted by Gasteiger charge is 2.17. The number of halogens is 1. The fourth-order valence-corrected chi connectivity index (χ4v) is 1.83. The van der Waals surface area contributed by atoms with Gasteiger partial charge in [-0.2, -0.15) is 0 Å². The number of amides is 1. The Kier molecular flexibility index (Phi) is 4.18. The van der Waals surface area contributed by atoms with Crippen molar-refractivity contribution in [3.05, 3.63) is 46.4 Å². The van der Waals surface area contributed by atoms with E-state index >= 15 is 0 Å². The Morgan fingerprint density at radius 1 is 1.33 bits per heavy atom. The molecule has 0 spiro atoms. The van der Waals surface area contributed by atoms with Crippen molar-refractivity contribution in [2.24, 2.45) is 0 Å². The summed E-state index contributed by atoms with van der Waals surface area (Å²) in [7, 11) is 1.45. The predicted molar refractivity (Wildman–Crippen MR) is 76.4 cm³/mol. The molecule has 110 valence electrons. The number of furan rings is 1. The van der Waals surface area contributed by atoms with Crippen molar-refractivity contribution in [3.8, 4) is 5.75 Å². The largest absolute Gasteiger partial charge is 0.495 e. The second-order valence-corrected chi connectivity index (χ2v) is 4.67. The van der Waals surface area contributed by atoms with Crippen LogP contribution < -0.4 is 10.1 Å². The van der Waals surface area contributed by atoms with Crippen LogP contribution in [0.2, 0.25) is 5.02 Å². The lowest BCUT2D eigenvalue weighted by Gasteiger charge is -2.11. The molecular formula is C14H12ClNO5. The molecule has 1 aromatic heterocycles. The molecule has 0 aliphatic heterocycles. The fourth-order valence-electron chi connectivity index (χ4n) is 1.68. The number of ether oxygens (including phenoxy) is 1. The first-order valence-electron chi connectivity index (χ1n) is 5.89. The minimum Gasteiger partial charge on any atom is -0.495 e. The summed E-state index contributed by atoms with van der Waals surface area (Å²) in [5.74, 6) is -1.47. The van der Waals surface area contributed by atoms with E-state index < -0.39 is 11.9 Å². The normalized spacial score (nSPS) is 10.2. The molecule has 6 nitrogen and oxygen atoms in total. The van der Waals surface area contributed by atoms with Gasteiger partial charge in [0.25, 0.3) is 5.91 Å². The number of aryl methyl sites for hydroxylation is 1. The summed E-state index contributed by atoms with van der Waals surface area (Å²) in [4.78, 5) is 22.8. The van der Waals surface area contributed by atoms with Crippen LogP contribution in [-0.2, 0) is 0 Å². The van der Waals surface area contributed by atoms with Gasteiger partial charge in [0.2, 0.25) is 0 Å². The molecule has 0 aliphatic carbocycles. The number of hydrogen-bond acceptors (Lipinski definition) is 4. The zero-order valence-electron chi connectivity index (χ0n) is 11.3. The molecule has 0 atom stereocenters. The van der Waals surface area contributed by atoms with Gasteiger partial charge in [-0.3, -0.25) is 4.79 Å². The molecule has 2 N–H and O–H groups in total. The molecule has 0 bridgehead atoms. The van der Waals surface area contributed by atoms with Gasteiger partial charge in [0, 0.05) is 17.2 Å². The van der Waals surface area contributed by atoms with Crippen LogP contribution in [-0.4, -0.2) is 24.1 Å². The van der Waals surface area contributed by atoms with E-state index in [-0.39, 0.29) is 11.3 Å². The summed E-state index contributed by atoms with van der Waals surface area (Å²) in [5, 5.41) is 11.9. The number of carboxylic acid groups (broad SMARTS) is 1. The Hall–Kier alpha value is -2.47. The van der Waals surface area contributed by atoms with Crippen molar-refractivity contribution in [1.29, 1.82) is 0 Å². The smallest absolute Gasteiger partial charge is 0.338 e. The summed E-state index contributed by atoms with van der Waals surface area (Å²) < 4.78 is 10.1. The topological polar surface area (TPSA) is 88.8 Å². The molecule has 1 aromatic carbocycles. The van der Waals surface area contributed by atoms with E-state index in [0.29, 0.717) is 16.5 Å². The number of methoxy groups -OCH3 is 1. The highest BCUT2D eigenvalue weighted by atomic mass is 35.5. The SMILES string of the molecule is COc1cc(Cl)c(C)cc1NC(=O)c1cc(C(=O)O)co1. The molecule has 0 aliphatic rings. The van der Waals surface area contributed by atoms with Crippen LogP contribution in [0.15, 0.2) is 28.9 Å². The van der Waals surface area contributed by atoms with E-state index in [1.54, 1.807) is 19.1 Å². The lowest BCUT2D eigenvalue weighted by atomic mass is 10.2. The molecule has 0 unspecified atom stereocenters. The molecule has 1 heterocycles.